The molecular formula is C13H16F3NO. The highest BCUT2D eigenvalue weighted by Crippen LogP contribution is 2.32. The summed E-state index contributed by atoms with van der Waals surface area (Å²) >= 11 is 0. The number of halogens is 3. The van der Waals surface area contributed by atoms with E-state index in [4.69, 9.17) is 5.73 Å². The van der Waals surface area contributed by atoms with Crippen molar-refractivity contribution in [3.8, 4) is 0 Å². The van der Waals surface area contributed by atoms with Gasteiger partial charge in [-0.1, -0.05) is 25.1 Å². The van der Waals surface area contributed by atoms with E-state index in [2.05, 4.69) is 0 Å². The van der Waals surface area contributed by atoms with Gasteiger partial charge in [-0.05, 0) is 18.1 Å². The first-order valence-corrected chi connectivity index (χ1v) is 5.77. The summed E-state index contributed by atoms with van der Waals surface area (Å²) in [4.78, 5) is 11.6. The topological polar surface area (TPSA) is 43.1 Å². The predicted octanol–water partition coefficient (Wildman–Crippen LogP) is 2.94. The lowest BCUT2D eigenvalue weighted by molar-refractivity contribution is -0.138. The molecule has 1 rings (SSSR count). The minimum Gasteiger partial charge on any atom is -0.327 e. The molecule has 1 atom stereocenters. The van der Waals surface area contributed by atoms with Crippen molar-refractivity contribution in [2.24, 2.45) is 5.73 Å². The molecule has 0 radical (unpaired) electrons. The van der Waals surface area contributed by atoms with Gasteiger partial charge in [0.2, 0.25) is 0 Å². The lowest BCUT2D eigenvalue weighted by atomic mass is 9.98. The van der Waals surface area contributed by atoms with Gasteiger partial charge in [0.05, 0.1) is 5.56 Å². The maximum atomic E-state index is 12.7. The standard InChI is InChI=1S/C13H16F3NO/c1-2-10(17)8-11(18)7-9-5-3-4-6-12(9)13(14,15)16/h3-6,10H,2,7-8,17H2,1H3. The number of carbonyl (C=O) groups excluding carboxylic acids is 1. The van der Waals surface area contributed by atoms with Gasteiger partial charge in [0.1, 0.15) is 5.78 Å². The van der Waals surface area contributed by atoms with Gasteiger partial charge >= 0.3 is 6.18 Å². The van der Waals surface area contributed by atoms with E-state index in [1.54, 1.807) is 0 Å². The van der Waals surface area contributed by atoms with Crippen LogP contribution in [0.1, 0.15) is 30.9 Å². The van der Waals surface area contributed by atoms with Crippen LogP contribution in [0.4, 0.5) is 13.2 Å². The van der Waals surface area contributed by atoms with Crippen molar-refractivity contribution in [1.29, 1.82) is 0 Å². The van der Waals surface area contributed by atoms with E-state index in [9.17, 15) is 18.0 Å². The van der Waals surface area contributed by atoms with Crippen LogP contribution in [0, 0.1) is 0 Å². The second-order valence-electron chi connectivity index (χ2n) is 4.24. The Balaban J connectivity index is 2.82. The SMILES string of the molecule is CCC(N)CC(=O)Cc1ccccc1C(F)(F)F. The second-order valence-corrected chi connectivity index (χ2v) is 4.24. The third-order valence-corrected chi connectivity index (χ3v) is 2.72. The molecule has 0 saturated carbocycles. The largest absolute Gasteiger partial charge is 0.416 e. The summed E-state index contributed by atoms with van der Waals surface area (Å²) in [5.74, 6) is -0.263. The van der Waals surface area contributed by atoms with Crippen molar-refractivity contribution < 1.29 is 18.0 Å². The summed E-state index contributed by atoms with van der Waals surface area (Å²) in [5, 5.41) is 0. The lowest BCUT2D eigenvalue weighted by Gasteiger charge is -2.13. The van der Waals surface area contributed by atoms with E-state index in [1.807, 2.05) is 6.92 Å². The van der Waals surface area contributed by atoms with Crippen LogP contribution in [0.25, 0.3) is 0 Å². The fraction of sp³-hybridized carbons (Fsp3) is 0.462. The van der Waals surface area contributed by atoms with Gasteiger partial charge in [-0.3, -0.25) is 4.79 Å². The van der Waals surface area contributed by atoms with E-state index >= 15 is 0 Å². The monoisotopic (exact) mass is 259 g/mol. The first-order valence-electron chi connectivity index (χ1n) is 5.77. The smallest absolute Gasteiger partial charge is 0.327 e. The van der Waals surface area contributed by atoms with Crippen molar-refractivity contribution in [2.45, 2.75) is 38.4 Å². The maximum absolute atomic E-state index is 12.7. The lowest BCUT2D eigenvalue weighted by Crippen LogP contribution is -2.24. The molecule has 5 heteroatoms. The highest BCUT2D eigenvalue weighted by molar-refractivity contribution is 5.81. The second kappa shape index (κ2) is 6.00. The van der Waals surface area contributed by atoms with Crippen molar-refractivity contribution in [3.63, 3.8) is 0 Å². The van der Waals surface area contributed by atoms with E-state index < -0.39 is 11.7 Å². The molecule has 1 unspecified atom stereocenters. The molecule has 0 amide bonds. The van der Waals surface area contributed by atoms with Crippen LogP contribution in [-0.4, -0.2) is 11.8 Å². The molecule has 100 valence electrons. The van der Waals surface area contributed by atoms with Crippen LogP contribution in [0.2, 0.25) is 0 Å². The fourth-order valence-electron chi connectivity index (χ4n) is 1.67. The highest BCUT2D eigenvalue weighted by atomic mass is 19.4. The summed E-state index contributed by atoms with van der Waals surface area (Å²) in [7, 11) is 0. The highest BCUT2D eigenvalue weighted by Gasteiger charge is 2.33. The summed E-state index contributed by atoms with van der Waals surface area (Å²) in [6.45, 7) is 1.83. The van der Waals surface area contributed by atoms with Crippen LogP contribution in [-0.2, 0) is 17.4 Å². The van der Waals surface area contributed by atoms with Gasteiger partial charge in [0.25, 0.3) is 0 Å². The normalized spacial score (nSPS) is 13.4. The molecule has 0 aliphatic rings. The third kappa shape index (κ3) is 4.14. The Morgan fingerprint density at radius 1 is 1.33 bits per heavy atom. The molecule has 2 N–H and O–H groups in total. The van der Waals surface area contributed by atoms with Crippen molar-refractivity contribution in [2.75, 3.05) is 0 Å². The Morgan fingerprint density at radius 2 is 1.94 bits per heavy atom. The van der Waals surface area contributed by atoms with Crippen LogP contribution in [0.15, 0.2) is 24.3 Å². The van der Waals surface area contributed by atoms with Gasteiger partial charge < -0.3 is 5.73 Å². The minimum atomic E-state index is -4.43. The molecule has 0 spiro atoms. The Morgan fingerprint density at radius 3 is 2.50 bits per heavy atom. The molecule has 0 fully saturated rings. The van der Waals surface area contributed by atoms with Crippen LogP contribution < -0.4 is 5.73 Å². The fourth-order valence-corrected chi connectivity index (χ4v) is 1.67. The van der Waals surface area contributed by atoms with Gasteiger partial charge in [-0.15, -0.1) is 0 Å². The number of Topliss-reactive ketones (excluding diaryl/α,β-unsaturated/α-hetero) is 1. The third-order valence-electron chi connectivity index (χ3n) is 2.72. The zero-order valence-corrected chi connectivity index (χ0v) is 10.1. The molecule has 2 nitrogen and oxygen atoms in total. The summed E-state index contributed by atoms with van der Waals surface area (Å²) in [5.41, 5.74) is 4.87. The molecule has 0 aromatic heterocycles. The number of ketones is 1. The zero-order chi connectivity index (χ0) is 13.8. The zero-order valence-electron chi connectivity index (χ0n) is 10.1. The Kier molecular flexibility index (Phi) is 4.90. The summed E-state index contributed by atoms with van der Waals surface area (Å²) in [6.07, 6.45) is -3.90. The molecule has 0 aliphatic carbocycles. The molecule has 0 heterocycles. The molecule has 1 aromatic carbocycles. The van der Waals surface area contributed by atoms with E-state index in [-0.39, 0.29) is 30.2 Å². The van der Waals surface area contributed by atoms with E-state index in [0.717, 1.165) is 6.07 Å². The molecule has 1 aromatic rings. The van der Waals surface area contributed by atoms with Gasteiger partial charge in [0, 0.05) is 18.9 Å². The van der Waals surface area contributed by atoms with E-state index in [1.165, 1.54) is 18.2 Å². The molecule has 0 aliphatic heterocycles. The van der Waals surface area contributed by atoms with Crippen LogP contribution in [0.5, 0.6) is 0 Å². The average molecular weight is 259 g/mol. The van der Waals surface area contributed by atoms with Crippen molar-refractivity contribution in [3.05, 3.63) is 35.4 Å². The van der Waals surface area contributed by atoms with Crippen LogP contribution in [0.3, 0.4) is 0 Å². The Labute approximate surface area is 104 Å². The van der Waals surface area contributed by atoms with E-state index in [0.29, 0.717) is 6.42 Å². The Bertz CT molecular complexity index is 415. The molecule has 0 bridgehead atoms. The first kappa shape index (κ1) is 14.7. The molecule has 18 heavy (non-hydrogen) atoms. The van der Waals surface area contributed by atoms with Crippen LogP contribution >= 0.6 is 0 Å². The number of hydrogen-bond donors (Lipinski definition) is 1. The Hall–Kier alpha value is -1.36. The summed E-state index contributed by atoms with van der Waals surface area (Å²) in [6, 6.07) is 4.85. The first-order chi connectivity index (χ1) is 8.34. The number of hydrogen-bond acceptors (Lipinski definition) is 2. The van der Waals surface area contributed by atoms with Gasteiger partial charge in [-0.2, -0.15) is 13.2 Å². The number of alkyl halides is 3. The number of benzene rings is 1. The minimum absolute atomic E-state index is 0.0123. The average Bonchev–Trinajstić information content (AvgIpc) is 2.27. The molecular weight excluding hydrogens is 243 g/mol. The molecule has 0 saturated heterocycles. The number of rotatable bonds is 5. The predicted molar refractivity (Wildman–Crippen MR) is 63.0 cm³/mol. The van der Waals surface area contributed by atoms with Crippen molar-refractivity contribution in [1.82, 2.24) is 0 Å². The van der Waals surface area contributed by atoms with Crippen molar-refractivity contribution >= 4 is 5.78 Å². The quantitative estimate of drug-likeness (QED) is 0.883. The number of nitrogens with two attached hydrogens (primary N) is 1. The number of carbonyl (C=O) groups is 1. The van der Waals surface area contributed by atoms with Gasteiger partial charge in [0.15, 0.2) is 0 Å². The van der Waals surface area contributed by atoms with Gasteiger partial charge in [-0.25, -0.2) is 0 Å². The summed E-state index contributed by atoms with van der Waals surface area (Å²) < 4.78 is 38.1. The maximum Gasteiger partial charge on any atom is 0.416 e.